The van der Waals surface area contributed by atoms with Crippen LogP contribution in [0, 0.1) is 0 Å². The van der Waals surface area contributed by atoms with Crippen molar-refractivity contribution in [2.75, 3.05) is 0 Å². The summed E-state index contributed by atoms with van der Waals surface area (Å²) in [6.45, 7) is 0.438. The van der Waals surface area contributed by atoms with Gasteiger partial charge >= 0.3 is 5.97 Å². The van der Waals surface area contributed by atoms with Gasteiger partial charge in [-0.25, -0.2) is 9.48 Å². The van der Waals surface area contributed by atoms with Crippen LogP contribution < -0.4 is 0 Å². The lowest BCUT2D eigenvalue weighted by molar-refractivity contribution is 0.0691. The number of carboxylic acid groups (broad SMARTS) is 1. The van der Waals surface area contributed by atoms with Crippen LogP contribution in [0.3, 0.4) is 0 Å². The van der Waals surface area contributed by atoms with Crippen LogP contribution in [0.4, 0.5) is 0 Å². The van der Waals surface area contributed by atoms with Gasteiger partial charge in [0.1, 0.15) is 5.69 Å². The number of hydrogen-bond acceptors (Lipinski definition) is 4. The Balaban J connectivity index is 2.07. The number of hydrogen-bond donors (Lipinski definition) is 1. The topological polar surface area (TPSA) is 80.9 Å². The number of rotatable bonds is 4. The molecule has 2 heterocycles. The first-order valence-corrected chi connectivity index (χ1v) is 6.37. The Hall–Kier alpha value is -3.02. The van der Waals surface area contributed by atoms with Crippen molar-refractivity contribution < 1.29 is 9.90 Å². The quantitative estimate of drug-likeness (QED) is 0.791. The molecule has 0 aliphatic heterocycles. The van der Waals surface area contributed by atoms with Crippen molar-refractivity contribution in [3.05, 3.63) is 66.1 Å². The average molecular weight is 280 g/mol. The fourth-order valence-electron chi connectivity index (χ4n) is 2.11. The summed E-state index contributed by atoms with van der Waals surface area (Å²) in [6, 6.07) is 13.0. The van der Waals surface area contributed by atoms with Crippen LogP contribution in [0.2, 0.25) is 0 Å². The van der Waals surface area contributed by atoms with E-state index in [2.05, 4.69) is 15.3 Å². The molecule has 0 bridgehead atoms. The molecule has 3 aromatic rings. The molecule has 21 heavy (non-hydrogen) atoms. The standard InChI is InChI=1S/C15H12N4O2/c20-15(21)13-14(12-4-2-1-3-5-12)19(18-17-13)10-11-6-8-16-9-7-11/h1-9H,10H2,(H,20,21). The van der Waals surface area contributed by atoms with Crippen molar-refractivity contribution in [3.8, 4) is 11.3 Å². The van der Waals surface area contributed by atoms with Gasteiger partial charge in [0.05, 0.1) is 6.54 Å². The van der Waals surface area contributed by atoms with Crippen molar-refractivity contribution in [1.29, 1.82) is 0 Å². The first kappa shape index (κ1) is 13.0. The van der Waals surface area contributed by atoms with E-state index in [0.29, 0.717) is 12.2 Å². The summed E-state index contributed by atoms with van der Waals surface area (Å²) in [6.07, 6.45) is 3.37. The van der Waals surface area contributed by atoms with Crippen LogP contribution in [-0.2, 0) is 6.54 Å². The largest absolute Gasteiger partial charge is 0.476 e. The summed E-state index contributed by atoms with van der Waals surface area (Å²) >= 11 is 0. The molecule has 0 spiro atoms. The Kier molecular flexibility index (Phi) is 3.42. The van der Waals surface area contributed by atoms with Crippen LogP contribution in [0.15, 0.2) is 54.9 Å². The minimum Gasteiger partial charge on any atom is -0.476 e. The number of carbonyl (C=O) groups is 1. The second kappa shape index (κ2) is 5.54. The second-order valence-electron chi connectivity index (χ2n) is 4.47. The molecular formula is C15H12N4O2. The van der Waals surface area contributed by atoms with E-state index >= 15 is 0 Å². The molecular weight excluding hydrogens is 268 g/mol. The Bertz CT molecular complexity index is 754. The van der Waals surface area contributed by atoms with E-state index in [9.17, 15) is 9.90 Å². The van der Waals surface area contributed by atoms with Crippen molar-refractivity contribution in [1.82, 2.24) is 20.0 Å². The van der Waals surface area contributed by atoms with Gasteiger partial charge in [0.2, 0.25) is 0 Å². The maximum absolute atomic E-state index is 11.3. The molecule has 6 heteroatoms. The van der Waals surface area contributed by atoms with Crippen molar-refractivity contribution in [2.45, 2.75) is 6.54 Å². The lowest BCUT2D eigenvalue weighted by Crippen LogP contribution is -2.06. The van der Waals surface area contributed by atoms with Gasteiger partial charge in [0, 0.05) is 18.0 Å². The normalized spacial score (nSPS) is 10.5. The van der Waals surface area contributed by atoms with E-state index in [1.165, 1.54) is 0 Å². The van der Waals surface area contributed by atoms with Crippen LogP contribution >= 0.6 is 0 Å². The third kappa shape index (κ3) is 2.64. The smallest absolute Gasteiger partial charge is 0.358 e. The van der Waals surface area contributed by atoms with Gasteiger partial charge in [-0.1, -0.05) is 35.5 Å². The summed E-state index contributed by atoms with van der Waals surface area (Å²) in [4.78, 5) is 15.3. The number of aromatic nitrogens is 4. The molecule has 2 aromatic heterocycles. The fourth-order valence-corrected chi connectivity index (χ4v) is 2.11. The lowest BCUT2D eigenvalue weighted by atomic mass is 10.1. The Labute approximate surface area is 120 Å². The third-order valence-corrected chi connectivity index (χ3v) is 3.07. The highest BCUT2D eigenvalue weighted by atomic mass is 16.4. The summed E-state index contributed by atoms with van der Waals surface area (Å²) in [7, 11) is 0. The van der Waals surface area contributed by atoms with Crippen molar-refractivity contribution in [2.24, 2.45) is 0 Å². The molecule has 0 radical (unpaired) electrons. The van der Waals surface area contributed by atoms with Crippen molar-refractivity contribution >= 4 is 5.97 Å². The van der Waals surface area contributed by atoms with Crippen LogP contribution in [0.1, 0.15) is 16.1 Å². The molecule has 3 rings (SSSR count). The predicted octanol–water partition coefficient (Wildman–Crippen LogP) is 2.09. The minimum absolute atomic E-state index is 0.0461. The summed E-state index contributed by atoms with van der Waals surface area (Å²) in [5.74, 6) is -1.09. The Morgan fingerprint density at radius 3 is 2.48 bits per heavy atom. The molecule has 104 valence electrons. The van der Waals surface area contributed by atoms with Gasteiger partial charge in [-0.3, -0.25) is 4.98 Å². The van der Waals surface area contributed by atoms with Gasteiger partial charge in [0.15, 0.2) is 5.69 Å². The van der Waals surface area contributed by atoms with Crippen LogP contribution in [0.25, 0.3) is 11.3 Å². The minimum atomic E-state index is -1.09. The van der Waals surface area contributed by atoms with Gasteiger partial charge in [-0.05, 0) is 17.7 Å². The van der Waals surface area contributed by atoms with Gasteiger partial charge in [0.25, 0.3) is 0 Å². The molecule has 0 aliphatic rings. The molecule has 0 fully saturated rings. The average Bonchev–Trinajstić information content (AvgIpc) is 2.93. The molecule has 6 nitrogen and oxygen atoms in total. The van der Waals surface area contributed by atoms with Gasteiger partial charge < -0.3 is 5.11 Å². The zero-order valence-electron chi connectivity index (χ0n) is 11.0. The SMILES string of the molecule is O=C(O)c1nnn(Cc2ccncc2)c1-c1ccccc1. The molecule has 1 aromatic carbocycles. The number of nitrogens with zero attached hydrogens (tertiary/aromatic N) is 4. The monoisotopic (exact) mass is 280 g/mol. The van der Waals surface area contributed by atoms with E-state index in [1.807, 2.05) is 42.5 Å². The lowest BCUT2D eigenvalue weighted by Gasteiger charge is -2.07. The highest BCUT2D eigenvalue weighted by Crippen LogP contribution is 2.22. The predicted molar refractivity (Wildman–Crippen MR) is 75.8 cm³/mol. The molecule has 0 saturated carbocycles. The third-order valence-electron chi connectivity index (χ3n) is 3.07. The first-order chi connectivity index (χ1) is 10.3. The number of benzene rings is 1. The Morgan fingerprint density at radius 2 is 1.81 bits per heavy atom. The van der Waals surface area contributed by atoms with Crippen LogP contribution in [-0.4, -0.2) is 31.1 Å². The van der Waals surface area contributed by atoms with Gasteiger partial charge in [-0.2, -0.15) is 0 Å². The van der Waals surface area contributed by atoms with Crippen LogP contribution in [0.5, 0.6) is 0 Å². The molecule has 0 saturated heterocycles. The first-order valence-electron chi connectivity index (χ1n) is 6.37. The molecule has 0 aliphatic carbocycles. The molecule has 1 N–H and O–H groups in total. The molecule has 0 unspecified atom stereocenters. The molecule has 0 atom stereocenters. The molecule has 0 amide bonds. The van der Waals surface area contributed by atoms with E-state index in [0.717, 1.165) is 11.1 Å². The zero-order chi connectivity index (χ0) is 14.7. The highest BCUT2D eigenvalue weighted by Gasteiger charge is 2.20. The zero-order valence-corrected chi connectivity index (χ0v) is 11.0. The Morgan fingerprint density at radius 1 is 1.10 bits per heavy atom. The summed E-state index contributed by atoms with van der Waals surface area (Å²) in [5.41, 5.74) is 2.20. The van der Waals surface area contributed by atoms with E-state index in [1.54, 1.807) is 17.1 Å². The number of pyridine rings is 1. The maximum atomic E-state index is 11.3. The van der Waals surface area contributed by atoms with Crippen molar-refractivity contribution in [3.63, 3.8) is 0 Å². The summed E-state index contributed by atoms with van der Waals surface area (Å²) < 4.78 is 1.59. The van der Waals surface area contributed by atoms with E-state index in [-0.39, 0.29) is 5.69 Å². The summed E-state index contributed by atoms with van der Waals surface area (Å²) in [5, 5.41) is 17.0. The number of aromatic carboxylic acids is 1. The second-order valence-corrected chi connectivity index (χ2v) is 4.47. The maximum Gasteiger partial charge on any atom is 0.358 e. The van der Waals surface area contributed by atoms with Gasteiger partial charge in [-0.15, -0.1) is 5.10 Å². The highest BCUT2D eigenvalue weighted by molar-refractivity contribution is 5.92. The fraction of sp³-hybridized carbons (Fsp3) is 0.0667. The number of carboxylic acids is 1. The van der Waals surface area contributed by atoms with E-state index < -0.39 is 5.97 Å². The van der Waals surface area contributed by atoms with E-state index in [4.69, 9.17) is 0 Å².